The van der Waals surface area contributed by atoms with Crippen LogP contribution in [-0.2, 0) is 11.2 Å². The standard InChI is InChI=1S/C21H24ClN3O2/c1-15(7-8-16-5-3-2-4-6-16)23-21(27)24-18-13-20(26)25(14-18)19-11-9-17(22)10-12-19/h2-6,9-12,15,18H,7-8,13-14H2,1H3,(H2,23,24,27)/t15-,18-/m1/s1. The largest absolute Gasteiger partial charge is 0.336 e. The number of aryl methyl sites for hydroxylation is 1. The molecular weight excluding hydrogens is 362 g/mol. The monoisotopic (exact) mass is 385 g/mol. The maximum atomic E-state index is 12.3. The van der Waals surface area contributed by atoms with Crippen LogP contribution in [0.4, 0.5) is 10.5 Å². The zero-order chi connectivity index (χ0) is 19.2. The summed E-state index contributed by atoms with van der Waals surface area (Å²) in [6.07, 6.45) is 2.07. The van der Waals surface area contributed by atoms with Crippen molar-refractivity contribution < 1.29 is 9.59 Å². The minimum atomic E-state index is -0.230. The zero-order valence-corrected chi connectivity index (χ0v) is 16.1. The van der Waals surface area contributed by atoms with Crippen LogP contribution < -0.4 is 15.5 Å². The molecule has 0 spiro atoms. The van der Waals surface area contributed by atoms with E-state index in [0.29, 0.717) is 18.0 Å². The molecule has 3 rings (SSSR count). The van der Waals surface area contributed by atoms with E-state index >= 15 is 0 Å². The highest BCUT2D eigenvalue weighted by molar-refractivity contribution is 6.30. The lowest BCUT2D eigenvalue weighted by Crippen LogP contribution is -2.46. The Hall–Kier alpha value is -2.53. The number of rotatable bonds is 6. The first-order chi connectivity index (χ1) is 13.0. The molecule has 0 bridgehead atoms. The molecule has 6 heteroatoms. The number of halogens is 1. The Morgan fingerprint density at radius 1 is 1.19 bits per heavy atom. The van der Waals surface area contributed by atoms with Crippen molar-refractivity contribution in [1.82, 2.24) is 10.6 Å². The molecule has 2 atom stereocenters. The van der Waals surface area contributed by atoms with Crippen molar-refractivity contribution in [2.24, 2.45) is 0 Å². The molecule has 1 aliphatic rings. The zero-order valence-electron chi connectivity index (χ0n) is 15.3. The van der Waals surface area contributed by atoms with Crippen molar-refractivity contribution in [3.05, 3.63) is 65.2 Å². The van der Waals surface area contributed by atoms with Gasteiger partial charge in [0.1, 0.15) is 0 Å². The van der Waals surface area contributed by atoms with E-state index in [1.807, 2.05) is 37.3 Å². The van der Waals surface area contributed by atoms with Crippen molar-refractivity contribution in [2.45, 2.75) is 38.3 Å². The highest BCUT2D eigenvalue weighted by atomic mass is 35.5. The highest BCUT2D eigenvalue weighted by Crippen LogP contribution is 2.23. The van der Waals surface area contributed by atoms with E-state index in [1.165, 1.54) is 5.56 Å². The molecule has 0 unspecified atom stereocenters. The molecule has 0 aromatic heterocycles. The minimum absolute atomic E-state index is 0.000233. The van der Waals surface area contributed by atoms with Gasteiger partial charge < -0.3 is 15.5 Å². The number of hydrogen-bond acceptors (Lipinski definition) is 2. The minimum Gasteiger partial charge on any atom is -0.336 e. The van der Waals surface area contributed by atoms with Crippen LogP contribution in [0.1, 0.15) is 25.3 Å². The first-order valence-corrected chi connectivity index (χ1v) is 9.56. The summed E-state index contributed by atoms with van der Waals surface area (Å²) in [5.74, 6) is -0.000233. The lowest BCUT2D eigenvalue weighted by atomic mass is 10.1. The van der Waals surface area contributed by atoms with Crippen molar-refractivity contribution in [3.63, 3.8) is 0 Å². The second-order valence-electron chi connectivity index (χ2n) is 6.92. The number of hydrogen-bond donors (Lipinski definition) is 2. The van der Waals surface area contributed by atoms with Crippen LogP contribution in [0.15, 0.2) is 54.6 Å². The molecule has 2 aromatic carbocycles. The molecular formula is C21H24ClN3O2. The van der Waals surface area contributed by atoms with Crippen LogP contribution in [0, 0.1) is 0 Å². The normalized spacial score (nSPS) is 17.6. The molecule has 2 N–H and O–H groups in total. The Kier molecular flexibility index (Phi) is 6.35. The third-order valence-corrected chi connectivity index (χ3v) is 4.94. The Balaban J connectivity index is 1.45. The third-order valence-electron chi connectivity index (χ3n) is 4.68. The van der Waals surface area contributed by atoms with Gasteiger partial charge in [0.25, 0.3) is 0 Å². The molecule has 0 saturated carbocycles. The van der Waals surface area contributed by atoms with Crippen molar-refractivity contribution in [3.8, 4) is 0 Å². The van der Waals surface area contributed by atoms with E-state index in [-0.39, 0.29) is 24.0 Å². The summed E-state index contributed by atoms with van der Waals surface area (Å²) in [4.78, 5) is 26.2. The molecule has 1 heterocycles. The summed E-state index contributed by atoms with van der Waals surface area (Å²) >= 11 is 5.90. The maximum absolute atomic E-state index is 12.3. The number of carbonyl (C=O) groups excluding carboxylic acids is 2. The van der Waals surface area contributed by atoms with Gasteiger partial charge in [-0.1, -0.05) is 41.9 Å². The van der Waals surface area contributed by atoms with E-state index in [2.05, 4.69) is 22.8 Å². The summed E-state index contributed by atoms with van der Waals surface area (Å²) in [6.45, 7) is 2.45. The molecule has 1 aliphatic heterocycles. The van der Waals surface area contributed by atoms with E-state index in [4.69, 9.17) is 11.6 Å². The molecule has 142 valence electrons. The van der Waals surface area contributed by atoms with Gasteiger partial charge in [0.2, 0.25) is 5.91 Å². The molecule has 0 aliphatic carbocycles. The van der Waals surface area contributed by atoms with E-state index in [1.54, 1.807) is 17.0 Å². The van der Waals surface area contributed by atoms with Gasteiger partial charge in [-0.3, -0.25) is 4.79 Å². The number of carbonyl (C=O) groups is 2. The highest BCUT2D eigenvalue weighted by Gasteiger charge is 2.31. The lowest BCUT2D eigenvalue weighted by molar-refractivity contribution is -0.117. The number of anilines is 1. The van der Waals surface area contributed by atoms with Crippen LogP contribution in [0.5, 0.6) is 0 Å². The smallest absolute Gasteiger partial charge is 0.315 e. The van der Waals surface area contributed by atoms with Gasteiger partial charge in [-0.05, 0) is 49.6 Å². The Labute approximate surface area is 164 Å². The SMILES string of the molecule is C[C@H](CCc1ccccc1)NC(=O)N[C@@H]1CC(=O)N(c2ccc(Cl)cc2)C1. The number of urea groups is 1. The fourth-order valence-corrected chi connectivity index (χ4v) is 3.35. The molecule has 27 heavy (non-hydrogen) atoms. The second-order valence-corrected chi connectivity index (χ2v) is 7.36. The second kappa shape index (κ2) is 8.91. The van der Waals surface area contributed by atoms with Gasteiger partial charge in [-0.2, -0.15) is 0 Å². The van der Waals surface area contributed by atoms with Crippen molar-refractivity contribution >= 4 is 29.2 Å². The van der Waals surface area contributed by atoms with Crippen molar-refractivity contribution in [2.75, 3.05) is 11.4 Å². The molecule has 5 nitrogen and oxygen atoms in total. The molecule has 2 aromatic rings. The van der Waals surface area contributed by atoms with Gasteiger partial charge in [0.05, 0.1) is 6.04 Å². The third kappa shape index (κ3) is 5.47. The number of benzene rings is 2. The first-order valence-electron chi connectivity index (χ1n) is 9.18. The average molecular weight is 386 g/mol. The molecule has 1 saturated heterocycles. The topological polar surface area (TPSA) is 61.4 Å². The quantitative estimate of drug-likeness (QED) is 0.795. The Morgan fingerprint density at radius 3 is 2.59 bits per heavy atom. The summed E-state index contributed by atoms with van der Waals surface area (Å²) in [5.41, 5.74) is 2.05. The van der Waals surface area contributed by atoms with Gasteiger partial charge in [0.15, 0.2) is 0 Å². The van der Waals surface area contributed by atoms with Crippen molar-refractivity contribution in [1.29, 1.82) is 0 Å². The van der Waals surface area contributed by atoms with Crippen LogP contribution in [0.25, 0.3) is 0 Å². The number of nitrogens with zero attached hydrogens (tertiary/aromatic N) is 1. The van der Waals surface area contributed by atoms with E-state index < -0.39 is 0 Å². The predicted molar refractivity (Wildman–Crippen MR) is 108 cm³/mol. The summed E-state index contributed by atoms with van der Waals surface area (Å²) in [6, 6.07) is 17.0. The lowest BCUT2D eigenvalue weighted by Gasteiger charge is -2.19. The van der Waals surface area contributed by atoms with Gasteiger partial charge in [0, 0.05) is 29.7 Å². The van der Waals surface area contributed by atoms with Crippen LogP contribution in [-0.4, -0.2) is 30.6 Å². The first kappa shape index (κ1) is 19.2. The summed E-state index contributed by atoms with van der Waals surface area (Å²) in [7, 11) is 0. The van der Waals surface area contributed by atoms with Crippen LogP contribution >= 0.6 is 11.6 Å². The Bertz CT molecular complexity index is 780. The van der Waals surface area contributed by atoms with Crippen LogP contribution in [0.2, 0.25) is 5.02 Å². The average Bonchev–Trinajstić information content (AvgIpc) is 3.01. The maximum Gasteiger partial charge on any atom is 0.315 e. The van der Waals surface area contributed by atoms with E-state index in [0.717, 1.165) is 18.5 Å². The predicted octanol–water partition coefficient (Wildman–Crippen LogP) is 3.77. The summed E-state index contributed by atoms with van der Waals surface area (Å²) in [5, 5.41) is 6.50. The molecule has 1 fully saturated rings. The fourth-order valence-electron chi connectivity index (χ4n) is 3.23. The van der Waals surface area contributed by atoms with Gasteiger partial charge in [-0.15, -0.1) is 0 Å². The number of nitrogens with one attached hydrogen (secondary N) is 2. The number of amides is 3. The van der Waals surface area contributed by atoms with Gasteiger partial charge in [-0.25, -0.2) is 4.79 Å². The fraction of sp³-hybridized carbons (Fsp3) is 0.333. The Morgan fingerprint density at radius 2 is 1.89 bits per heavy atom. The van der Waals surface area contributed by atoms with E-state index in [9.17, 15) is 9.59 Å². The molecule has 3 amide bonds. The van der Waals surface area contributed by atoms with Gasteiger partial charge >= 0.3 is 6.03 Å². The van der Waals surface area contributed by atoms with Crippen LogP contribution in [0.3, 0.4) is 0 Å². The summed E-state index contributed by atoms with van der Waals surface area (Å²) < 4.78 is 0. The molecule has 0 radical (unpaired) electrons.